The molecule has 1 aliphatic heterocycles. The molecule has 1 unspecified atom stereocenters. The molecule has 0 aromatic heterocycles. The van der Waals surface area contributed by atoms with Gasteiger partial charge in [-0.05, 0) is 55.4 Å². The molecule has 0 bridgehead atoms. The van der Waals surface area contributed by atoms with Crippen molar-refractivity contribution in [2.45, 2.75) is 75.9 Å². The van der Waals surface area contributed by atoms with E-state index in [0.717, 1.165) is 56.9 Å². The van der Waals surface area contributed by atoms with Crippen LogP contribution in [0.2, 0.25) is 5.02 Å². The molecule has 2 saturated carbocycles. The van der Waals surface area contributed by atoms with Gasteiger partial charge in [-0.3, -0.25) is 4.79 Å². The summed E-state index contributed by atoms with van der Waals surface area (Å²) in [6.07, 6.45) is 10.7. The van der Waals surface area contributed by atoms with Gasteiger partial charge in [0.05, 0.1) is 22.3 Å². The van der Waals surface area contributed by atoms with E-state index < -0.39 is 17.4 Å². The van der Waals surface area contributed by atoms with E-state index in [1.807, 2.05) is 0 Å². The van der Waals surface area contributed by atoms with E-state index in [0.29, 0.717) is 11.4 Å². The van der Waals surface area contributed by atoms with Gasteiger partial charge in [0.25, 0.3) is 0 Å². The van der Waals surface area contributed by atoms with Crippen LogP contribution in [0.1, 0.15) is 69.8 Å². The minimum atomic E-state index is -1.03. The number of fused-ring (bicyclic) bond motifs is 1. The third kappa shape index (κ3) is 4.49. The summed E-state index contributed by atoms with van der Waals surface area (Å²) in [5.41, 5.74) is 0.906. The van der Waals surface area contributed by atoms with E-state index in [1.165, 1.54) is 31.0 Å². The minimum Gasteiger partial charge on any atom is -0.357 e. The molecule has 7 heteroatoms. The van der Waals surface area contributed by atoms with Gasteiger partial charge in [0, 0.05) is 12.1 Å². The molecule has 2 aromatic rings. The van der Waals surface area contributed by atoms with E-state index >= 15 is 0 Å². The Balaban J connectivity index is 1.58. The number of hydrogen-bond donors (Lipinski definition) is 3. The maximum absolute atomic E-state index is 14.4. The van der Waals surface area contributed by atoms with Crippen LogP contribution in [0.5, 0.6) is 0 Å². The van der Waals surface area contributed by atoms with Crippen molar-refractivity contribution in [3.05, 3.63) is 58.6 Å². The fraction of sp³-hybridized carbons (Fsp3) is 0.519. The summed E-state index contributed by atoms with van der Waals surface area (Å²) in [6.45, 7) is 0. The van der Waals surface area contributed by atoms with E-state index in [4.69, 9.17) is 11.6 Å². The summed E-state index contributed by atoms with van der Waals surface area (Å²) in [6, 6.07) is 9.34. The lowest BCUT2D eigenvalue weighted by molar-refractivity contribution is -0.130. The van der Waals surface area contributed by atoms with E-state index in [-0.39, 0.29) is 28.7 Å². The van der Waals surface area contributed by atoms with Crippen LogP contribution < -0.4 is 16.0 Å². The summed E-state index contributed by atoms with van der Waals surface area (Å²) >= 11 is 6.10. The van der Waals surface area contributed by atoms with Crippen LogP contribution in [-0.2, 0) is 10.5 Å². The van der Waals surface area contributed by atoms with Crippen molar-refractivity contribution in [1.82, 2.24) is 5.32 Å². The summed E-state index contributed by atoms with van der Waals surface area (Å²) < 4.78 is 28.3. The number of nitrogens with one attached hydrogen (secondary N) is 3. The summed E-state index contributed by atoms with van der Waals surface area (Å²) in [5, 5.41) is 10.4. The largest absolute Gasteiger partial charge is 0.357 e. The second kappa shape index (κ2) is 9.73. The zero-order valence-corrected chi connectivity index (χ0v) is 20.1. The molecular weight excluding hydrogens is 456 g/mol. The molecule has 1 heterocycles. The Labute approximate surface area is 204 Å². The SMILES string of the molecule is O=C(NC1CCCCC1)[C@@H](C1CCCCC1)C1(c2ccc(F)cc2)Nc2cc(F)c(Cl)cc2N1. The lowest BCUT2D eigenvalue weighted by Crippen LogP contribution is -2.56. The van der Waals surface area contributed by atoms with Gasteiger partial charge in [0.1, 0.15) is 17.3 Å². The molecule has 0 saturated heterocycles. The van der Waals surface area contributed by atoms with Crippen LogP contribution in [0.25, 0.3) is 0 Å². The number of amides is 1. The second-order valence-electron chi connectivity index (χ2n) is 10.1. The maximum atomic E-state index is 14.4. The van der Waals surface area contributed by atoms with Gasteiger partial charge in [-0.15, -0.1) is 0 Å². The Morgan fingerprint density at radius 1 is 0.912 bits per heavy atom. The Morgan fingerprint density at radius 2 is 1.50 bits per heavy atom. The maximum Gasteiger partial charge on any atom is 0.228 e. The highest BCUT2D eigenvalue weighted by atomic mass is 35.5. The number of carbonyl (C=O) groups excluding carboxylic acids is 1. The molecule has 3 aliphatic rings. The number of anilines is 2. The van der Waals surface area contributed by atoms with Gasteiger partial charge in [-0.1, -0.05) is 62.3 Å². The van der Waals surface area contributed by atoms with Crippen molar-refractivity contribution in [2.24, 2.45) is 11.8 Å². The lowest BCUT2D eigenvalue weighted by Gasteiger charge is -2.44. The third-order valence-corrected chi connectivity index (χ3v) is 8.14. The number of carbonyl (C=O) groups is 1. The van der Waals surface area contributed by atoms with Crippen LogP contribution in [0.3, 0.4) is 0 Å². The fourth-order valence-electron chi connectivity index (χ4n) is 6.17. The predicted molar refractivity (Wildman–Crippen MR) is 132 cm³/mol. The molecule has 4 nitrogen and oxygen atoms in total. The predicted octanol–water partition coefficient (Wildman–Crippen LogP) is 6.95. The van der Waals surface area contributed by atoms with E-state index in [2.05, 4.69) is 16.0 Å². The normalized spacial score (nSPS) is 24.1. The molecule has 0 spiro atoms. The molecule has 182 valence electrons. The Hall–Kier alpha value is -2.34. The average Bonchev–Trinajstić information content (AvgIpc) is 3.19. The summed E-state index contributed by atoms with van der Waals surface area (Å²) in [4.78, 5) is 14.1. The summed E-state index contributed by atoms with van der Waals surface area (Å²) in [7, 11) is 0. The van der Waals surface area contributed by atoms with Crippen LogP contribution >= 0.6 is 11.6 Å². The smallest absolute Gasteiger partial charge is 0.228 e. The van der Waals surface area contributed by atoms with Crippen molar-refractivity contribution >= 4 is 28.9 Å². The molecule has 2 aliphatic carbocycles. The van der Waals surface area contributed by atoms with Gasteiger partial charge in [-0.25, -0.2) is 8.78 Å². The first-order chi connectivity index (χ1) is 16.5. The second-order valence-corrected chi connectivity index (χ2v) is 10.5. The first kappa shape index (κ1) is 23.4. The van der Waals surface area contributed by atoms with Crippen LogP contribution in [0.15, 0.2) is 36.4 Å². The van der Waals surface area contributed by atoms with Crippen LogP contribution in [-0.4, -0.2) is 11.9 Å². The first-order valence-electron chi connectivity index (χ1n) is 12.6. The zero-order chi connectivity index (χ0) is 23.7. The molecule has 34 heavy (non-hydrogen) atoms. The fourth-order valence-corrected chi connectivity index (χ4v) is 6.34. The molecule has 1 amide bonds. The molecule has 5 rings (SSSR count). The minimum absolute atomic E-state index is 0.00231. The van der Waals surface area contributed by atoms with Gasteiger partial charge >= 0.3 is 0 Å². The Morgan fingerprint density at radius 3 is 2.15 bits per heavy atom. The first-order valence-corrected chi connectivity index (χ1v) is 13.0. The average molecular weight is 488 g/mol. The van der Waals surface area contributed by atoms with Gasteiger partial charge in [0.2, 0.25) is 5.91 Å². The molecule has 0 radical (unpaired) electrons. The third-order valence-electron chi connectivity index (χ3n) is 7.85. The standard InChI is InChI=1S/C27H32ClF2N3O/c28-21-15-23-24(16-22(21)30)33-27(32-23,18-11-13-19(29)14-12-18)25(17-7-3-1-4-8-17)26(34)31-20-9-5-2-6-10-20/h11-17,20,25,32-33H,1-10H2,(H,31,34)/t25-,27?/m1/s1. The van der Waals surface area contributed by atoms with Gasteiger partial charge < -0.3 is 16.0 Å². The van der Waals surface area contributed by atoms with Crippen molar-refractivity contribution in [2.75, 3.05) is 10.6 Å². The van der Waals surface area contributed by atoms with Crippen molar-refractivity contribution < 1.29 is 13.6 Å². The van der Waals surface area contributed by atoms with Crippen LogP contribution in [0.4, 0.5) is 20.2 Å². The van der Waals surface area contributed by atoms with Crippen molar-refractivity contribution in [3.8, 4) is 0 Å². The molecule has 3 N–H and O–H groups in total. The van der Waals surface area contributed by atoms with Crippen molar-refractivity contribution in [1.29, 1.82) is 0 Å². The van der Waals surface area contributed by atoms with Gasteiger partial charge in [-0.2, -0.15) is 0 Å². The zero-order valence-electron chi connectivity index (χ0n) is 19.3. The number of hydrogen-bond acceptors (Lipinski definition) is 3. The highest BCUT2D eigenvalue weighted by molar-refractivity contribution is 6.31. The topological polar surface area (TPSA) is 53.2 Å². The highest BCUT2D eigenvalue weighted by Crippen LogP contribution is 2.49. The molecule has 2 atom stereocenters. The monoisotopic (exact) mass is 487 g/mol. The number of rotatable bonds is 5. The van der Waals surface area contributed by atoms with E-state index in [1.54, 1.807) is 18.2 Å². The van der Waals surface area contributed by atoms with Gasteiger partial charge in [0.15, 0.2) is 0 Å². The highest BCUT2D eigenvalue weighted by Gasteiger charge is 2.52. The quantitative estimate of drug-likeness (QED) is 0.427. The number of halogens is 3. The van der Waals surface area contributed by atoms with Crippen molar-refractivity contribution in [3.63, 3.8) is 0 Å². The van der Waals surface area contributed by atoms with Crippen LogP contribution in [0, 0.1) is 23.5 Å². The summed E-state index contributed by atoms with van der Waals surface area (Å²) in [5.74, 6) is -1.19. The lowest BCUT2D eigenvalue weighted by atomic mass is 9.71. The number of benzene rings is 2. The molecule has 2 fully saturated rings. The Kier molecular flexibility index (Phi) is 6.70. The molecule has 2 aromatic carbocycles. The molecular formula is C27H32ClF2N3O. The van der Waals surface area contributed by atoms with E-state index in [9.17, 15) is 13.6 Å². The Bertz CT molecular complexity index is 1000.